The van der Waals surface area contributed by atoms with Crippen LogP contribution in [0.1, 0.15) is 21.5 Å². The minimum Gasteiger partial charge on any atom is -0.396 e. The van der Waals surface area contributed by atoms with Crippen LogP contribution >= 0.6 is 0 Å². The Morgan fingerprint density at radius 1 is 1.19 bits per heavy atom. The van der Waals surface area contributed by atoms with E-state index in [4.69, 9.17) is 10.5 Å². The highest BCUT2D eigenvalue weighted by molar-refractivity contribution is 5.99. The SMILES string of the molecule is COCc1ccccc1CNC(=O)c1cccc(F)c1N. The highest BCUT2D eigenvalue weighted by Crippen LogP contribution is 2.16. The molecule has 0 unspecified atom stereocenters. The van der Waals surface area contributed by atoms with Crippen LogP contribution in [-0.4, -0.2) is 13.0 Å². The summed E-state index contributed by atoms with van der Waals surface area (Å²) in [5.74, 6) is -0.998. The predicted molar refractivity (Wildman–Crippen MR) is 79.1 cm³/mol. The van der Waals surface area contributed by atoms with E-state index in [1.165, 1.54) is 18.2 Å². The van der Waals surface area contributed by atoms with Crippen LogP contribution < -0.4 is 11.1 Å². The first-order valence-electron chi connectivity index (χ1n) is 6.51. The number of hydrogen-bond donors (Lipinski definition) is 2. The molecule has 0 bridgehead atoms. The van der Waals surface area contributed by atoms with Crippen molar-refractivity contribution in [2.24, 2.45) is 0 Å². The largest absolute Gasteiger partial charge is 0.396 e. The summed E-state index contributed by atoms with van der Waals surface area (Å²) in [5.41, 5.74) is 7.51. The van der Waals surface area contributed by atoms with Crippen LogP contribution in [0.25, 0.3) is 0 Å². The van der Waals surface area contributed by atoms with Crippen LogP contribution in [0.5, 0.6) is 0 Å². The molecule has 2 aromatic rings. The molecule has 0 saturated carbocycles. The van der Waals surface area contributed by atoms with Crippen molar-refractivity contribution in [2.45, 2.75) is 13.2 Å². The van der Waals surface area contributed by atoms with Crippen LogP contribution in [0.2, 0.25) is 0 Å². The Hall–Kier alpha value is -2.40. The third kappa shape index (κ3) is 3.58. The molecule has 0 saturated heterocycles. The summed E-state index contributed by atoms with van der Waals surface area (Å²) in [6.07, 6.45) is 0. The molecule has 5 heteroatoms. The second-order valence-corrected chi connectivity index (χ2v) is 4.59. The highest BCUT2D eigenvalue weighted by atomic mass is 19.1. The number of nitrogens with two attached hydrogens (primary N) is 1. The number of hydrogen-bond acceptors (Lipinski definition) is 3. The molecule has 1 amide bonds. The van der Waals surface area contributed by atoms with E-state index < -0.39 is 11.7 Å². The standard InChI is InChI=1S/C16H17FN2O2/c1-21-10-12-6-3-2-5-11(12)9-19-16(20)13-7-4-8-14(17)15(13)18/h2-8H,9-10,18H2,1H3,(H,19,20). The van der Waals surface area contributed by atoms with Gasteiger partial charge in [-0.15, -0.1) is 0 Å². The van der Waals surface area contributed by atoms with Crippen molar-refractivity contribution in [1.29, 1.82) is 0 Å². The van der Waals surface area contributed by atoms with E-state index in [1.54, 1.807) is 7.11 Å². The van der Waals surface area contributed by atoms with Crippen molar-refractivity contribution in [3.63, 3.8) is 0 Å². The van der Waals surface area contributed by atoms with E-state index in [9.17, 15) is 9.18 Å². The molecule has 3 N–H and O–H groups in total. The Morgan fingerprint density at radius 2 is 1.90 bits per heavy atom. The molecule has 0 fully saturated rings. The lowest BCUT2D eigenvalue weighted by Gasteiger charge is -2.11. The molecule has 0 radical (unpaired) electrons. The van der Waals surface area contributed by atoms with Crippen molar-refractivity contribution in [3.05, 3.63) is 65.0 Å². The minimum absolute atomic E-state index is 0.138. The zero-order valence-electron chi connectivity index (χ0n) is 11.7. The number of nitrogens with one attached hydrogen (secondary N) is 1. The van der Waals surface area contributed by atoms with E-state index in [0.717, 1.165) is 11.1 Å². The van der Waals surface area contributed by atoms with Gasteiger partial charge in [0.2, 0.25) is 0 Å². The van der Waals surface area contributed by atoms with Crippen molar-refractivity contribution < 1.29 is 13.9 Å². The van der Waals surface area contributed by atoms with Gasteiger partial charge in [0.15, 0.2) is 0 Å². The number of para-hydroxylation sites is 1. The molecule has 0 spiro atoms. The van der Waals surface area contributed by atoms with Gasteiger partial charge in [-0.05, 0) is 23.3 Å². The molecular weight excluding hydrogens is 271 g/mol. The lowest BCUT2D eigenvalue weighted by atomic mass is 10.1. The third-order valence-electron chi connectivity index (χ3n) is 3.16. The van der Waals surface area contributed by atoms with Crippen molar-refractivity contribution in [3.8, 4) is 0 Å². The van der Waals surface area contributed by atoms with Crippen LogP contribution in [-0.2, 0) is 17.9 Å². The Balaban J connectivity index is 2.09. The number of carbonyl (C=O) groups is 1. The summed E-state index contributed by atoms with van der Waals surface area (Å²) in [6.45, 7) is 0.794. The molecule has 2 aromatic carbocycles. The van der Waals surface area contributed by atoms with Crippen molar-refractivity contribution in [2.75, 3.05) is 12.8 Å². The van der Waals surface area contributed by atoms with Gasteiger partial charge in [-0.25, -0.2) is 4.39 Å². The second-order valence-electron chi connectivity index (χ2n) is 4.59. The lowest BCUT2D eigenvalue weighted by Crippen LogP contribution is -2.24. The van der Waals surface area contributed by atoms with Crippen LogP contribution in [0.15, 0.2) is 42.5 Å². The fraction of sp³-hybridized carbons (Fsp3) is 0.188. The normalized spacial score (nSPS) is 10.4. The second kappa shape index (κ2) is 6.85. The molecule has 0 aliphatic heterocycles. The van der Waals surface area contributed by atoms with Gasteiger partial charge >= 0.3 is 0 Å². The van der Waals surface area contributed by atoms with Gasteiger partial charge in [-0.1, -0.05) is 30.3 Å². The number of methoxy groups -OCH3 is 1. The van der Waals surface area contributed by atoms with Gasteiger partial charge in [0.1, 0.15) is 5.82 Å². The quantitative estimate of drug-likeness (QED) is 0.831. The van der Waals surface area contributed by atoms with Crippen LogP contribution in [0, 0.1) is 5.82 Å². The maximum absolute atomic E-state index is 13.3. The Labute approximate surface area is 122 Å². The summed E-state index contributed by atoms with van der Waals surface area (Å²) in [4.78, 5) is 12.1. The van der Waals surface area contributed by atoms with E-state index in [0.29, 0.717) is 13.2 Å². The van der Waals surface area contributed by atoms with E-state index in [1.807, 2.05) is 24.3 Å². The van der Waals surface area contributed by atoms with Gasteiger partial charge in [-0.2, -0.15) is 0 Å². The number of amides is 1. The number of ether oxygens (including phenoxy) is 1. The number of nitrogen functional groups attached to an aromatic ring is 1. The molecule has 21 heavy (non-hydrogen) atoms. The van der Waals surface area contributed by atoms with Crippen molar-refractivity contribution >= 4 is 11.6 Å². The van der Waals surface area contributed by atoms with Crippen LogP contribution in [0.4, 0.5) is 10.1 Å². The summed E-state index contributed by atoms with van der Waals surface area (Å²) in [6, 6.07) is 11.8. The molecule has 0 aliphatic carbocycles. The van der Waals surface area contributed by atoms with Crippen LogP contribution in [0.3, 0.4) is 0 Å². The topological polar surface area (TPSA) is 64.3 Å². The number of benzene rings is 2. The molecular formula is C16H17FN2O2. The van der Waals surface area contributed by atoms with E-state index in [-0.39, 0.29) is 11.3 Å². The fourth-order valence-electron chi connectivity index (χ4n) is 2.03. The molecule has 4 nitrogen and oxygen atoms in total. The predicted octanol–water partition coefficient (Wildman–Crippen LogP) is 2.48. The van der Waals surface area contributed by atoms with Gasteiger partial charge in [0.05, 0.1) is 17.9 Å². The maximum Gasteiger partial charge on any atom is 0.253 e. The summed E-state index contributed by atoms with van der Waals surface area (Å²) < 4.78 is 18.5. The number of carbonyl (C=O) groups excluding carboxylic acids is 1. The molecule has 0 aromatic heterocycles. The lowest BCUT2D eigenvalue weighted by molar-refractivity contribution is 0.0951. The smallest absolute Gasteiger partial charge is 0.253 e. The third-order valence-corrected chi connectivity index (χ3v) is 3.16. The van der Waals surface area contributed by atoms with Gasteiger partial charge in [0, 0.05) is 13.7 Å². The average molecular weight is 288 g/mol. The first-order chi connectivity index (χ1) is 10.1. The van der Waals surface area contributed by atoms with E-state index in [2.05, 4.69) is 5.32 Å². The van der Waals surface area contributed by atoms with Gasteiger partial charge in [0.25, 0.3) is 5.91 Å². The summed E-state index contributed by atoms with van der Waals surface area (Å²) in [5, 5.41) is 2.74. The fourth-order valence-corrected chi connectivity index (χ4v) is 2.03. The number of anilines is 1. The minimum atomic E-state index is -0.595. The zero-order valence-corrected chi connectivity index (χ0v) is 11.7. The number of halogens is 1. The Morgan fingerprint density at radius 3 is 2.62 bits per heavy atom. The Bertz CT molecular complexity index is 644. The zero-order chi connectivity index (χ0) is 15.2. The van der Waals surface area contributed by atoms with Gasteiger partial charge < -0.3 is 15.8 Å². The number of rotatable bonds is 5. The summed E-state index contributed by atoms with van der Waals surface area (Å²) in [7, 11) is 1.61. The molecule has 0 heterocycles. The van der Waals surface area contributed by atoms with Crippen molar-refractivity contribution in [1.82, 2.24) is 5.32 Å². The average Bonchev–Trinajstić information content (AvgIpc) is 2.49. The molecule has 110 valence electrons. The summed E-state index contributed by atoms with van der Waals surface area (Å²) >= 11 is 0. The van der Waals surface area contributed by atoms with Gasteiger partial charge in [-0.3, -0.25) is 4.79 Å². The molecule has 0 aliphatic rings. The Kier molecular flexibility index (Phi) is 4.90. The molecule has 0 atom stereocenters. The first kappa shape index (κ1) is 15.0. The maximum atomic E-state index is 13.3. The molecule has 2 rings (SSSR count). The first-order valence-corrected chi connectivity index (χ1v) is 6.51. The van der Waals surface area contributed by atoms with E-state index >= 15 is 0 Å². The monoisotopic (exact) mass is 288 g/mol. The highest BCUT2D eigenvalue weighted by Gasteiger charge is 2.12.